The highest BCUT2D eigenvalue weighted by molar-refractivity contribution is 7.89. The summed E-state index contributed by atoms with van der Waals surface area (Å²) < 4.78 is 68.9. The first kappa shape index (κ1) is 26.2. The van der Waals surface area contributed by atoms with Crippen molar-refractivity contribution in [2.45, 2.75) is 49.5 Å². The van der Waals surface area contributed by atoms with Crippen LogP contribution in [0.15, 0.2) is 59.5 Å². The molecule has 5 atom stereocenters. The van der Waals surface area contributed by atoms with Crippen molar-refractivity contribution >= 4 is 17.4 Å². The Balaban J connectivity index is 1.42. The topological polar surface area (TPSA) is 83.5 Å². The monoisotopic (exact) mass is 523 g/mol. The molecule has 5 unspecified atom stereocenters. The first-order valence-corrected chi connectivity index (χ1v) is 15.8. The standard InChI is InChI=1S/C26H32F2NO4PS/c1-34(30,31)16-5-3-2-4-7-22-19-10-11-20(17-19)26(22)29-35(32,33)21-14-12-18(13-15-21)25-23(27)8-6-9-24(25)28/h2,4,6,8-9,12-15,19-20,22,26,29H,3,5,7,10-11,16-17H2,1H3,(H,30,31)/b4-2+. The van der Waals surface area contributed by atoms with Crippen LogP contribution in [0.5, 0.6) is 0 Å². The number of unbranched alkanes of at least 4 members (excludes halogenated alkanes) is 1. The molecule has 0 heterocycles. The minimum Gasteiger partial charge on any atom is -0.344 e. The van der Waals surface area contributed by atoms with Gasteiger partial charge >= 0.3 is 0 Å². The molecule has 2 aliphatic carbocycles. The first-order valence-electron chi connectivity index (χ1n) is 12.1. The largest absolute Gasteiger partial charge is 0.344 e. The van der Waals surface area contributed by atoms with Crippen molar-refractivity contribution in [3.63, 3.8) is 0 Å². The van der Waals surface area contributed by atoms with Gasteiger partial charge in [-0.1, -0.05) is 30.4 Å². The minimum absolute atomic E-state index is 0.0723. The minimum atomic E-state index is -3.79. The molecule has 0 radical (unpaired) electrons. The Labute approximate surface area is 206 Å². The van der Waals surface area contributed by atoms with Crippen LogP contribution in [0.4, 0.5) is 8.78 Å². The molecule has 35 heavy (non-hydrogen) atoms. The van der Waals surface area contributed by atoms with E-state index in [2.05, 4.69) is 10.8 Å². The Morgan fingerprint density at radius 2 is 1.71 bits per heavy atom. The van der Waals surface area contributed by atoms with Gasteiger partial charge in [-0.15, -0.1) is 0 Å². The van der Waals surface area contributed by atoms with Crippen molar-refractivity contribution in [2.75, 3.05) is 12.8 Å². The molecule has 2 fully saturated rings. The Morgan fingerprint density at radius 3 is 2.37 bits per heavy atom. The van der Waals surface area contributed by atoms with E-state index in [1.54, 1.807) is 0 Å². The third-order valence-electron chi connectivity index (χ3n) is 7.31. The van der Waals surface area contributed by atoms with Crippen molar-refractivity contribution in [1.29, 1.82) is 0 Å². The predicted octanol–water partition coefficient (Wildman–Crippen LogP) is 5.95. The molecule has 0 aliphatic heterocycles. The van der Waals surface area contributed by atoms with Gasteiger partial charge in [0, 0.05) is 18.9 Å². The Morgan fingerprint density at radius 1 is 1.06 bits per heavy atom. The van der Waals surface area contributed by atoms with Gasteiger partial charge in [0.1, 0.15) is 11.6 Å². The number of nitrogens with one attached hydrogen (secondary N) is 1. The second-order valence-corrected chi connectivity index (χ2v) is 14.2. The van der Waals surface area contributed by atoms with Gasteiger partial charge in [-0.25, -0.2) is 21.9 Å². The van der Waals surface area contributed by atoms with E-state index in [9.17, 15) is 26.7 Å². The van der Waals surface area contributed by atoms with Crippen molar-refractivity contribution in [2.24, 2.45) is 17.8 Å². The van der Waals surface area contributed by atoms with Crippen LogP contribution in [-0.4, -0.2) is 32.2 Å². The summed E-state index contributed by atoms with van der Waals surface area (Å²) in [7, 11) is -6.77. The van der Waals surface area contributed by atoms with E-state index in [1.165, 1.54) is 49.1 Å². The summed E-state index contributed by atoms with van der Waals surface area (Å²) in [5, 5.41) is 0. The first-order chi connectivity index (χ1) is 16.5. The Bertz CT molecular complexity index is 1210. The van der Waals surface area contributed by atoms with E-state index in [0.717, 1.165) is 32.1 Å². The van der Waals surface area contributed by atoms with Crippen molar-refractivity contribution in [1.82, 2.24) is 4.72 Å². The highest BCUT2D eigenvalue weighted by Gasteiger charge is 2.48. The lowest BCUT2D eigenvalue weighted by Crippen LogP contribution is -2.43. The smallest absolute Gasteiger partial charge is 0.240 e. The van der Waals surface area contributed by atoms with Gasteiger partial charge in [0.15, 0.2) is 7.37 Å². The van der Waals surface area contributed by atoms with E-state index in [-0.39, 0.29) is 28.0 Å². The van der Waals surface area contributed by atoms with Gasteiger partial charge in [-0.3, -0.25) is 4.57 Å². The Kier molecular flexibility index (Phi) is 7.96. The number of hydrogen-bond acceptors (Lipinski definition) is 3. The normalized spacial score (nSPS) is 25.8. The van der Waals surface area contributed by atoms with Crippen LogP contribution in [-0.2, 0) is 14.6 Å². The number of fused-ring (bicyclic) bond motifs is 2. The summed E-state index contributed by atoms with van der Waals surface area (Å²) in [5.74, 6) is -0.396. The molecule has 2 N–H and O–H groups in total. The maximum atomic E-state index is 14.1. The van der Waals surface area contributed by atoms with Crippen LogP contribution in [0.3, 0.4) is 0 Å². The zero-order chi connectivity index (χ0) is 25.2. The van der Waals surface area contributed by atoms with Crippen molar-refractivity contribution in [3.05, 3.63) is 66.3 Å². The van der Waals surface area contributed by atoms with Crippen molar-refractivity contribution in [3.8, 4) is 11.1 Å². The summed E-state index contributed by atoms with van der Waals surface area (Å²) in [5.41, 5.74) is 0.105. The van der Waals surface area contributed by atoms with Crippen LogP contribution in [0, 0.1) is 29.4 Å². The van der Waals surface area contributed by atoms with Crippen LogP contribution in [0.25, 0.3) is 11.1 Å². The zero-order valence-corrected chi connectivity index (χ0v) is 21.4. The molecule has 9 heteroatoms. The third-order valence-corrected chi connectivity index (χ3v) is 9.94. The molecular weight excluding hydrogens is 491 g/mol. The van der Waals surface area contributed by atoms with Gasteiger partial charge in [0.25, 0.3) is 0 Å². The number of sulfonamides is 1. The predicted molar refractivity (Wildman–Crippen MR) is 134 cm³/mol. The molecule has 2 bridgehead atoms. The SMILES string of the molecule is CP(=O)(O)CCC/C=C/CC1C2CCC(C2)C1NS(=O)(=O)c1ccc(-c2c(F)cccc2F)cc1. The van der Waals surface area contributed by atoms with Gasteiger partial charge in [-0.05, 0) is 86.1 Å². The maximum absolute atomic E-state index is 14.1. The van der Waals surface area contributed by atoms with Gasteiger partial charge in [0.2, 0.25) is 10.0 Å². The molecule has 2 aromatic carbocycles. The fourth-order valence-corrected chi connectivity index (χ4v) is 7.75. The molecule has 4 rings (SSSR count). The van der Waals surface area contributed by atoms with E-state index in [1.807, 2.05) is 6.08 Å². The van der Waals surface area contributed by atoms with Gasteiger partial charge in [-0.2, -0.15) is 0 Å². The second kappa shape index (κ2) is 10.6. The summed E-state index contributed by atoms with van der Waals surface area (Å²) in [4.78, 5) is 9.46. The fourth-order valence-electron chi connectivity index (χ4n) is 5.63. The highest BCUT2D eigenvalue weighted by Crippen LogP contribution is 2.50. The average molecular weight is 524 g/mol. The average Bonchev–Trinajstić information content (AvgIpc) is 3.38. The number of benzene rings is 2. The molecule has 0 amide bonds. The fraction of sp³-hybridized carbons (Fsp3) is 0.462. The van der Waals surface area contributed by atoms with E-state index < -0.39 is 29.0 Å². The number of halogens is 2. The summed E-state index contributed by atoms with van der Waals surface area (Å²) in [6, 6.07) is 9.11. The van der Waals surface area contributed by atoms with Crippen LogP contribution in [0.2, 0.25) is 0 Å². The van der Waals surface area contributed by atoms with Gasteiger partial charge in [0.05, 0.1) is 10.5 Å². The number of rotatable bonds is 10. The lowest BCUT2D eigenvalue weighted by Gasteiger charge is -2.31. The van der Waals surface area contributed by atoms with E-state index in [4.69, 9.17) is 0 Å². The molecule has 2 aromatic rings. The lowest BCUT2D eigenvalue weighted by molar-refractivity contribution is 0.274. The summed E-state index contributed by atoms with van der Waals surface area (Å²) >= 11 is 0. The molecular formula is C26H32F2NO4PS. The molecule has 0 saturated heterocycles. The zero-order valence-electron chi connectivity index (χ0n) is 19.7. The quantitative estimate of drug-likeness (QED) is 0.229. The van der Waals surface area contributed by atoms with Crippen LogP contribution < -0.4 is 4.72 Å². The lowest BCUT2D eigenvalue weighted by atomic mass is 9.83. The molecule has 190 valence electrons. The third kappa shape index (κ3) is 6.29. The van der Waals surface area contributed by atoms with E-state index >= 15 is 0 Å². The van der Waals surface area contributed by atoms with Crippen LogP contribution in [0.1, 0.15) is 38.5 Å². The van der Waals surface area contributed by atoms with Crippen molar-refractivity contribution < 1.29 is 26.7 Å². The van der Waals surface area contributed by atoms with Gasteiger partial charge < -0.3 is 4.89 Å². The molecule has 0 spiro atoms. The summed E-state index contributed by atoms with van der Waals surface area (Å²) in [6.07, 6.45) is 9.67. The second-order valence-electron chi connectivity index (χ2n) is 9.89. The van der Waals surface area contributed by atoms with E-state index in [0.29, 0.717) is 24.4 Å². The molecule has 2 aliphatic rings. The Hall–Kier alpha value is -1.86. The molecule has 0 aromatic heterocycles. The number of hydrogen-bond donors (Lipinski definition) is 2. The highest BCUT2D eigenvalue weighted by atomic mass is 32.2. The summed E-state index contributed by atoms with van der Waals surface area (Å²) in [6.45, 7) is 1.37. The molecule has 2 saturated carbocycles. The number of allylic oxidation sites excluding steroid dienone is 2. The molecule has 5 nitrogen and oxygen atoms in total. The maximum Gasteiger partial charge on any atom is 0.240 e. The van der Waals surface area contributed by atoms with Crippen LogP contribution >= 0.6 is 7.37 Å².